The second-order valence-electron chi connectivity index (χ2n) is 7.27. The Labute approximate surface area is 188 Å². The lowest BCUT2D eigenvalue weighted by Gasteiger charge is -2.15. The number of aryl methyl sites for hydroxylation is 1. The van der Waals surface area contributed by atoms with Crippen molar-refractivity contribution in [3.63, 3.8) is 0 Å². The SMILES string of the molecule is Cc1cc(Cl)c(-c2ccc(-c3ccc(C(=O)N4CC[C@@H](O)C4)cc3)cc2)nc1I. The van der Waals surface area contributed by atoms with Crippen molar-refractivity contribution in [1.29, 1.82) is 0 Å². The number of carbonyl (C=O) groups excluding carboxylic acids is 1. The van der Waals surface area contributed by atoms with Crippen LogP contribution in [0.5, 0.6) is 0 Å². The molecule has 1 amide bonds. The van der Waals surface area contributed by atoms with Gasteiger partial charge in [-0.3, -0.25) is 4.79 Å². The maximum Gasteiger partial charge on any atom is 0.253 e. The number of likely N-dealkylation sites (tertiary alicyclic amines) is 1. The molecule has 29 heavy (non-hydrogen) atoms. The molecule has 0 aliphatic carbocycles. The summed E-state index contributed by atoms with van der Waals surface area (Å²) in [6.45, 7) is 3.02. The van der Waals surface area contributed by atoms with Gasteiger partial charge in [-0.05, 0) is 70.8 Å². The van der Waals surface area contributed by atoms with E-state index in [4.69, 9.17) is 11.6 Å². The number of rotatable bonds is 3. The van der Waals surface area contributed by atoms with Gasteiger partial charge in [0.05, 0.1) is 16.8 Å². The lowest BCUT2D eigenvalue weighted by Crippen LogP contribution is -2.29. The van der Waals surface area contributed by atoms with Crippen LogP contribution in [0.25, 0.3) is 22.4 Å². The molecule has 148 valence electrons. The maximum absolute atomic E-state index is 12.5. The summed E-state index contributed by atoms with van der Waals surface area (Å²) in [7, 11) is 0. The molecule has 1 aliphatic rings. The van der Waals surface area contributed by atoms with Crippen LogP contribution in [0.2, 0.25) is 5.02 Å². The van der Waals surface area contributed by atoms with E-state index in [-0.39, 0.29) is 5.91 Å². The molecular formula is C23H20ClIN2O2. The van der Waals surface area contributed by atoms with Crippen molar-refractivity contribution in [1.82, 2.24) is 9.88 Å². The average Bonchev–Trinajstić information content (AvgIpc) is 3.17. The number of amides is 1. The van der Waals surface area contributed by atoms with Crippen LogP contribution >= 0.6 is 34.2 Å². The highest BCUT2D eigenvalue weighted by atomic mass is 127. The van der Waals surface area contributed by atoms with Crippen molar-refractivity contribution >= 4 is 40.1 Å². The molecule has 1 aliphatic heterocycles. The van der Waals surface area contributed by atoms with E-state index < -0.39 is 6.10 Å². The fourth-order valence-electron chi connectivity index (χ4n) is 3.49. The molecule has 0 radical (unpaired) electrons. The van der Waals surface area contributed by atoms with E-state index in [2.05, 4.69) is 27.6 Å². The van der Waals surface area contributed by atoms with Crippen LogP contribution in [0.15, 0.2) is 54.6 Å². The first kappa shape index (κ1) is 20.3. The summed E-state index contributed by atoms with van der Waals surface area (Å²) in [5, 5.41) is 10.3. The van der Waals surface area contributed by atoms with E-state index in [1.54, 1.807) is 4.90 Å². The quantitative estimate of drug-likeness (QED) is 0.384. The number of benzene rings is 2. The third-order valence-corrected chi connectivity index (χ3v) is 6.56. The zero-order chi connectivity index (χ0) is 20.5. The monoisotopic (exact) mass is 518 g/mol. The molecule has 6 heteroatoms. The lowest BCUT2D eigenvalue weighted by atomic mass is 10.0. The number of pyridine rings is 1. The largest absolute Gasteiger partial charge is 0.391 e. The summed E-state index contributed by atoms with van der Waals surface area (Å²) in [5.41, 5.74) is 5.55. The predicted molar refractivity (Wildman–Crippen MR) is 124 cm³/mol. The van der Waals surface area contributed by atoms with E-state index in [1.807, 2.05) is 61.5 Å². The van der Waals surface area contributed by atoms with Gasteiger partial charge in [0.15, 0.2) is 0 Å². The molecule has 4 rings (SSSR count). The predicted octanol–water partition coefficient (Wildman–Crippen LogP) is 5.19. The van der Waals surface area contributed by atoms with Gasteiger partial charge in [0.25, 0.3) is 5.91 Å². The zero-order valence-corrected chi connectivity index (χ0v) is 18.8. The first-order valence-corrected chi connectivity index (χ1v) is 10.9. The summed E-state index contributed by atoms with van der Waals surface area (Å²) >= 11 is 8.60. The third kappa shape index (κ3) is 4.32. The minimum atomic E-state index is -0.406. The Kier molecular flexibility index (Phi) is 5.90. The molecule has 0 saturated carbocycles. The van der Waals surface area contributed by atoms with Crippen LogP contribution in [0.3, 0.4) is 0 Å². The first-order valence-electron chi connectivity index (χ1n) is 9.43. The van der Waals surface area contributed by atoms with Gasteiger partial charge in [0, 0.05) is 24.2 Å². The molecule has 4 nitrogen and oxygen atoms in total. The molecule has 3 aromatic rings. The number of aliphatic hydroxyl groups excluding tert-OH is 1. The summed E-state index contributed by atoms with van der Waals surface area (Å²) in [6, 6.07) is 17.6. The molecule has 1 saturated heterocycles. The smallest absolute Gasteiger partial charge is 0.253 e. The number of hydrogen-bond donors (Lipinski definition) is 1. The summed E-state index contributed by atoms with van der Waals surface area (Å²) < 4.78 is 0.942. The molecule has 2 aromatic carbocycles. The molecule has 1 atom stereocenters. The minimum Gasteiger partial charge on any atom is -0.391 e. The Balaban J connectivity index is 1.54. The Morgan fingerprint density at radius 3 is 2.28 bits per heavy atom. The van der Waals surface area contributed by atoms with Crippen LogP contribution < -0.4 is 0 Å². The van der Waals surface area contributed by atoms with Gasteiger partial charge < -0.3 is 10.0 Å². The molecule has 1 fully saturated rings. The minimum absolute atomic E-state index is 0.0295. The van der Waals surface area contributed by atoms with Crippen molar-refractivity contribution < 1.29 is 9.90 Å². The molecule has 1 N–H and O–H groups in total. The third-order valence-electron chi connectivity index (χ3n) is 5.18. The fraction of sp³-hybridized carbons (Fsp3) is 0.217. The highest BCUT2D eigenvalue weighted by Gasteiger charge is 2.25. The van der Waals surface area contributed by atoms with E-state index >= 15 is 0 Å². The van der Waals surface area contributed by atoms with Gasteiger partial charge >= 0.3 is 0 Å². The van der Waals surface area contributed by atoms with Crippen LogP contribution in [-0.4, -0.2) is 40.1 Å². The molecule has 0 spiro atoms. The number of carbonyl (C=O) groups is 1. The van der Waals surface area contributed by atoms with Crippen molar-refractivity contribution in [2.75, 3.05) is 13.1 Å². The van der Waals surface area contributed by atoms with Crippen molar-refractivity contribution in [2.45, 2.75) is 19.4 Å². The van der Waals surface area contributed by atoms with Crippen LogP contribution in [0.4, 0.5) is 0 Å². The Bertz CT molecular complexity index is 1050. The molecule has 1 aromatic heterocycles. The van der Waals surface area contributed by atoms with Gasteiger partial charge in [0.2, 0.25) is 0 Å². The second kappa shape index (κ2) is 8.42. The molecule has 0 unspecified atom stereocenters. The average molecular weight is 519 g/mol. The second-order valence-corrected chi connectivity index (χ2v) is 8.70. The normalized spacial score (nSPS) is 16.3. The van der Waals surface area contributed by atoms with Crippen molar-refractivity contribution in [2.24, 2.45) is 0 Å². The fourth-order valence-corrected chi connectivity index (χ4v) is 4.21. The van der Waals surface area contributed by atoms with Crippen molar-refractivity contribution in [3.05, 3.63) is 74.4 Å². The van der Waals surface area contributed by atoms with Crippen LogP contribution in [0, 0.1) is 10.6 Å². The van der Waals surface area contributed by atoms with Crippen molar-refractivity contribution in [3.8, 4) is 22.4 Å². The standard InChI is InChI=1S/C23H20ClIN2O2/c1-14-12-20(24)21(26-22(14)25)17-6-2-15(3-7-17)16-4-8-18(9-5-16)23(29)27-11-10-19(28)13-27/h2-9,12,19,28H,10-11,13H2,1H3/t19-/m1/s1. The summed E-state index contributed by atoms with van der Waals surface area (Å²) in [4.78, 5) is 18.8. The number of aromatic nitrogens is 1. The molecular weight excluding hydrogens is 499 g/mol. The van der Waals surface area contributed by atoms with Gasteiger partial charge in [-0.1, -0.05) is 48.0 Å². The Morgan fingerprint density at radius 2 is 1.69 bits per heavy atom. The Morgan fingerprint density at radius 1 is 1.10 bits per heavy atom. The van der Waals surface area contributed by atoms with Crippen LogP contribution in [-0.2, 0) is 0 Å². The van der Waals surface area contributed by atoms with Crippen LogP contribution in [0.1, 0.15) is 22.3 Å². The Hall–Kier alpha value is -1.96. The highest BCUT2D eigenvalue weighted by molar-refractivity contribution is 14.1. The van der Waals surface area contributed by atoms with E-state index in [0.717, 1.165) is 31.6 Å². The van der Waals surface area contributed by atoms with E-state index in [9.17, 15) is 9.90 Å². The van der Waals surface area contributed by atoms with Gasteiger partial charge in [0.1, 0.15) is 3.70 Å². The van der Waals surface area contributed by atoms with Gasteiger partial charge in [-0.2, -0.15) is 0 Å². The topological polar surface area (TPSA) is 53.4 Å². The number of aliphatic hydroxyl groups is 1. The van der Waals surface area contributed by atoms with E-state index in [0.29, 0.717) is 30.1 Å². The molecule has 2 heterocycles. The molecule has 0 bridgehead atoms. The van der Waals surface area contributed by atoms with E-state index in [1.165, 1.54) is 0 Å². The zero-order valence-electron chi connectivity index (χ0n) is 15.9. The lowest BCUT2D eigenvalue weighted by molar-refractivity contribution is 0.0765. The van der Waals surface area contributed by atoms with Gasteiger partial charge in [-0.25, -0.2) is 4.98 Å². The van der Waals surface area contributed by atoms with Gasteiger partial charge in [-0.15, -0.1) is 0 Å². The number of halogens is 2. The first-order chi connectivity index (χ1) is 13.9. The summed E-state index contributed by atoms with van der Waals surface area (Å²) in [5.74, 6) is -0.0295. The number of nitrogens with zero attached hydrogens (tertiary/aromatic N) is 2. The summed E-state index contributed by atoms with van der Waals surface area (Å²) in [6.07, 6.45) is 0.242. The maximum atomic E-state index is 12.5. The highest BCUT2D eigenvalue weighted by Crippen LogP contribution is 2.30. The number of hydrogen-bond acceptors (Lipinski definition) is 3. The number of β-amino-alcohol motifs (C(OH)–C–C–N with tert-alkyl or cyclic N) is 1.